The second-order valence-corrected chi connectivity index (χ2v) is 10.3. The number of fused-ring (bicyclic) bond motifs is 5. The molecule has 2 N–H and O–H groups in total. The molecule has 0 spiro atoms. The third-order valence-electron chi connectivity index (χ3n) is 9.11. The quantitative estimate of drug-likeness (QED) is 0.547. The van der Waals surface area contributed by atoms with Crippen LogP contribution in [-0.4, -0.2) is 35.0 Å². The van der Waals surface area contributed by atoms with E-state index in [1.807, 2.05) is 0 Å². The summed E-state index contributed by atoms with van der Waals surface area (Å²) in [5.74, 6) is 1.34. The fourth-order valence-corrected chi connectivity index (χ4v) is 7.85. The summed E-state index contributed by atoms with van der Waals surface area (Å²) in [5.41, 5.74) is 2.72. The van der Waals surface area contributed by atoms with E-state index >= 15 is 0 Å². The Bertz CT molecular complexity index is 724. The van der Waals surface area contributed by atoms with E-state index in [1.165, 1.54) is 5.57 Å². The van der Waals surface area contributed by atoms with E-state index in [4.69, 9.17) is 4.74 Å². The summed E-state index contributed by atoms with van der Waals surface area (Å²) >= 11 is 0. The fraction of sp³-hybridized carbons (Fsp3) is 0.783. The van der Waals surface area contributed by atoms with Crippen LogP contribution in [0.2, 0.25) is 0 Å². The largest absolute Gasteiger partial charge is 0.458 e. The van der Waals surface area contributed by atoms with Crippen LogP contribution in [0.15, 0.2) is 23.3 Å². The molecule has 0 saturated heterocycles. The van der Waals surface area contributed by atoms with Gasteiger partial charge >= 0.3 is 5.97 Å². The highest BCUT2D eigenvalue weighted by Gasteiger charge is 2.61. The van der Waals surface area contributed by atoms with Crippen LogP contribution in [0.5, 0.6) is 0 Å². The molecule has 4 nitrogen and oxygen atoms in total. The molecule has 4 aliphatic carbocycles. The number of carbonyl (C=O) groups excluding carboxylic acids is 1. The van der Waals surface area contributed by atoms with E-state index in [9.17, 15) is 15.0 Å². The van der Waals surface area contributed by atoms with Crippen LogP contribution in [0.1, 0.15) is 58.8 Å². The summed E-state index contributed by atoms with van der Waals surface area (Å²) in [6, 6.07) is 0. The highest BCUT2D eigenvalue weighted by Crippen LogP contribution is 2.66. The van der Waals surface area contributed by atoms with Crippen molar-refractivity contribution in [3.63, 3.8) is 0 Å². The Labute approximate surface area is 161 Å². The van der Waals surface area contributed by atoms with Crippen LogP contribution in [0.3, 0.4) is 0 Å². The minimum Gasteiger partial charge on any atom is -0.458 e. The van der Waals surface area contributed by atoms with Crippen molar-refractivity contribution in [2.24, 2.45) is 34.5 Å². The van der Waals surface area contributed by atoms with Crippen molar-refractivity contribution in [1.82, 2.24) is 0 Å². The van der Waals surface area contributed by atoms with Crippen molar-refractivity contribution in [3.8, 4) is 0 Å². The third-order valence-corrected chi connectivity index (χ3v) is 9.11. The first-order chi connectivity index (χ1) is 12.8. The standard InChI is InChI=1S/C23H32O4/c1-22-8-7-15(24)10-14(22)3-4-16-18-6-5-17(13-9-20(26)27-12-13)23(18,2)11-19(25)21(16)22/h6,9,14-17,19,21,24-25H,3-5,7-8,10-12H2,1-2H3/t14-,15+,16?,17?,19-,21?,22+,23-/m1/s1. The van der Waals surface area contributed by atoms with Crippen molar-refractivity contribution in [2.45, 2.75) is 71.0 Å². The summed E-state index contributed by atoms with van der Waals surface area (Å²) in [6.07, 6.45) is 10.5. The fourth-order valence-electron chi connectivity index (χ4n) is 7.85. The van der Waals surface area contributed by atoms with Crippen LogP contribution in [0.4, 0.5) is 0 Å². The highest BCUT2D eigenvalue weighted by molar-refractivity contribution is 5.85. The van der Waals surface area contributed by atoms with E-state index in [2.05, 4.69) is 19.9 Å². The van der Waals surface area contributed by atoms with Gasteiger partial charge in [-0.1, -0.05) is 25.5 Å². The minimum absolute atomic E-state index is 0.0578. The maximum absolute atomic E-state index is 11.6. The van der Waals surface area contributed by atoms with E-state index in [-0.39, 0.29) is 34.9 Å². The maximum atomic E-state index is 11.6. The molecule has 3 unspecified atom stereocenters. The molecule has 3 fully saturated rings. The molecule has 0 radical (unpaired) electrons. The zero-order valence-corrected chi connectivity index (χ0v) is 16.5. The van der Waals surface area contributed by atoms with Gasteiger partial charge in [-0.2, -0.15) is 0 Å². The number of hydrogen-bond donors (Lipinski definition) is 2. The number of aliphatic hydroxyl groups excluding tert-OH is 2. The average molecular weight is 373 g/mol. The van der Waals surface area contributed by atoms with Gasteiger partial charge in [0, 0.05) is 6.08 Å². The molecule has 5 aliphatic rings. The molecule has 1 heterocycles. The normalized spacial score (nSPS) is 51.6. The summed E-state index contributed by atoms with van der Waals surface area (Å²) < 4.78 is 5.19. The van der Waals surface area contributed by atoms with Crippen LogP contribution in [0, 0.1) is 34.5 Å². The van der Waals surface area contributed by atoms with Crippen molar-refractivity contribution in [1.29, 1.82) is 0 Å². The van der Waals surface area contributed by atoms with Crippen LogP contribution in [0.25, 0.3) is 0 Å². The lowest BCUT2D eigenvalue weighted by molar-refractivity contribution is -0.136. The average Bonchev–Trinajstić information content (AvgIpc) is 3.17. The first kappa shape index (κ1) is 17.9. The van der Waals surface area contributed by atoms with Gasteiger partial charge in [-0.3, -0.25) is 0 Å². The van der Waals surface area contributed by atoms with Crippen LogP contribution >= 0.6 is 0 Å². The van der Waals surface area contributed by atoms with Gasteiger partial charge in [-0.05, 0) is 85.0 Å². The third kappa shape index (κ3) is 2.45. The molecule has 0 aromatic rings. The summed E-state index contributed by atoms with van der Waals surface area (Å²) in [5, 5.41) is 21.6. The van der Waals surface area contributed by atoms with Gasteiger partial charge < -0.3 is 14.9 Å². The zero-order chi connectivity index (χ0) is 19.0. The SMILES string of the molecule is C[C@]12C[C@@H](O)C3C(CC[C@@H]4C[C@@H](O)CC[C@]34C)C1=CCC2C1=CC(=O)OC1. The van der Waals surface area contributed by atoms with Gasteiger partial charge in [0.15, 0.2) is 0 Å². The van der Waals surface area contributed by atoms with Gasteiger partial charge in [-0.15, -0.1) is 0 Å². The monoisotopic (exact) mass is 372 g/mol. The molecule has 0 bridgehead atoms. The number of hydrogen-bond acceptors (Lipinski definition) is 4. The second-order valence-electron chi connectivity index (χ2n) is 10.3. The smallest absolute Gasteiger partial charge is 0.331 e. The van der Waals surface area contributed by atoms with E-state index in [1.54, 1.807) is 6.08 Å². The van der Waals surface area contributed by atoms with Gasteiger partial charge in [-0.25, -0.2) is 4.79 Å². The van der Waals surface area contributed by atoms with Crippen LogP contribution < -0.4 is 0 Å². The van der Waals surface area contributed by atoms with Gasteiger partial charge in [0.1, 0.15) is 6.61 Å². The molecule has 3 saturated carbocycles. The summed E-state index contributed by atoms with van der Waals surface area (Å²) in [6.45, 7) is 5.10. The number of cyclic esters (lactones) is 1. The Morgan fingerprint density at radius 1 is 1.19 bits per heavy atom. The predicted molar refractivity (Wildman–Crippen MR) is 102 cm³/mol. The van der Waals surface area contributed by atoms with E-state index < -0.39 is 0 Å². The molecular weight excluding hydrogens is 340 g/mol. The van der Waals surface area contributed by atoms with Crippen molar-refractivity contribution in [3.05, 3.63) is 23.3 Å². The molecule has 148 valence electrons. The number of esters is 1. The number of rotatable bonds is 1. The number of allylic oxidation sites excluding steroid dienone is 2. The van der Waals surface area contributed by atoms with Gasteiger partial charge in [0.2, 0.25) is 0 Å². The predicted octanol–water partition coefficient (Wildman–Crippen LogP) is 3.38. The Hall–Kier alpha value is -1.13. The second kappa shape index (κ2) is 5.93. The Morgan fingerprint density at radius 2 is 2.00 bits per heavy atom. The number of carbonyl (C=O) groups is 1. The molecular formula is C23H32O4. The first-order valence-electron chi connectivity index (χ1n) is 10.8. The first-order valence-corrected chi connectivity index (χ1v) is 10.8. The summed E-state index contributed by atoms with van der Waals surface area (Å²) in [7, 11) is 0. The number of ether oxygens (including phenoxy) is 1. The molecule has 8 atom stereocenters. The molecule has 27 heavy (non-hydrogen) atoms. The zero-order valence-electron chi connectivity index (χ0n) is 16.5. The molecule has 0 aromatic heterocycles. The van der Waals surface area contributed by atoms with E-state index in [0.29, 0.717) is 24.4 Å². The highest BCUT2D eigenvalue weighted by atomic mass is 16.5. The van der Waals surface area contributed by atoms with Crippen molar-refractivity contribution in [2.75, 3.05) is 6.61 Å². The molecule has 4 heteroatoms. The van der Waals surface area contributed by atoms with Crippen LogP contribution in [-0.2, 0) is 9.53 Å². The Balaban J connectivity index is 1.48. The minimum atomic E-state index is -0.306. The molecule has 0 aromatic carbocycles. The lowest BCUT2D eigenvalue weighted by Gasteiger charge is -2.61. The van der Waals surface area contributed by atoms with E-state index in [0.717, 1.165) is 50.5 Å². The molecule has 5 rings (SSSR count). The molecule has 1 aliphatic heterocycles. The Kier molecular flexibility index (Phi) is 3.94. The topological polar surface area (TPSA) is 66.8 Å². The lowest BCUT2D eigenvalue weighted by atomic mass is 9.45. The molecule has 0 amide bonds. The number of aliphatic hydroxyl groups is 2. The maximum Gasteiger partial charge on any atom is 0.331 e. The lowest BCUT2D eigenvalue weighted by Crippen LogP contribution is -2.57. The Morgan fingerprint density at radius 3 is 2.74 bits per heavy atom. The summed E-state index contributed by atoms with van der Waals surface area (Å²) in [4.78, 5) is 11.6. The van der Waals surface area contributed by atoms with Crippen molar-refractivity contribution < 1.29 is 19.7 Å². The van der Waals surface area contributed by atoms with Gasteiger partial charge in [0.25, 0.3) is 0 Å². The van der Waals surface area contributed by atoms with Crippen molar-refractivity contribution >= 4 is 5.97 Å². The van der Waals surface area contributed by atoms with Gasteiger partial charge in [0.05, 0.1) is 12.2 Å².